The van der Waals surface area contributed by atoms with Crippen LogP contribution in [-0.4, -0.2) is 9.13 Å². The molecule has 5 heteroatoms. The van der Waals surface area contributed by atoms with Crippen molar-refractivity contribution in [2.24, 2.45) is 0 Å². The molecule has 9 aromatic carbocycles. The second kappa shape index (κ2) is 14.7. The van der Waals surface area contributed by atoms with Gasteiger partial charge in [-0.25, -0.2) is 0 Å². The zero-order chi connectivity index (χ0) is 41.7. The van der Waals surface area contributed by atoms with E-state index in [1.165, 1.54) is 10.8 Å². The predicted octanol–water partition coefficient (Wildman–Crippen LogP) is 14.2. The van der Waals surface area contributed by atoms with Gasteiger partial charge in [-0.15, -0.1) is 0 Å². The van der Waals surface area contributed by atoms with E-state index in [9.17, 15) is 15.8 Å². The molecule has 0 saturated heterocycles. The largest absolute Gasteiger partial charge is 0.309 e. The lowest BCUT2D eigenvalue weighted by atomic mass is 9.86. The number of nitriles is 3. The van der Waals surface area contributed by atoms with Gasteiger partial charge in [0.15, 0.2) is 0 Å². The maximum Gasteiger partial charge on any atom is 0.0991 e. The van der Waals surface area contributed by atoms with Gasteiger partial charge in [-0.05, 0) is 123 Å². The summed E-state index contributed by atoms with van der Waals surface area (Å²) in [7, 11) is 0. The molecule has 0 aliphatic heterocycles. The molecule has 0 bridgehead atoms. The van der Waals surface area contributed by atoms with Gasteiger partial charge in [0.05, 0.1) is 57.0 Å². The summed E-state index contributed by atoms with van der Waals surface area (Å²) in [5.74, 6) is 0. The van der Waals surface area contributed by atoms with Crippen molar-refractivity contribution in [1.29, 1.82) is 15.8 Å². The first kappa shape index (κ1) is 36.2. The number of aromatic nitrogens is 2. The van der Waals surface area contributed by atoms with Crippen LogP contribution in [-0.2, 0) is 0 Å². The molecule has 0 unspecified atom stereocenters. The Morgan fingerprint density at radius 2 is 0.661 bits per heavy atom. The lowest BCUT2D eigenvalue weighted by Crippen LogP contribution is -2.00. The van der Waals surface area contributed by atoms with Gasteiger partial charge < -0.3 is 9.13 Å². The van der Waals surface area contributed by atoms with Gasteiger partial charge in [0.25, 0.3) is 0 Å². The molecule has 0 atom stereocenters. The molecule has 11 rings (SSSR count). The molecule has 0 saturated carbocycles. The zero-order valence-electron chi connectivity index (χ0n) is 33.3. The Morgan fingerprint density at radius 1 is 0.274 bits per heavy atom. The quantitative estimate of drug-likeness (QED) is 0.168. The predicted molar refractivity (Wildman–Crippen MR) is 251 cm³/mol. The highest BCUT2D eigenvalue weighted by molar-refractivity contribution is 6.11. The summed E-state index contributed by atoms with van der Waals surface area (Å²) in [5, 5.41) is 33.8. The van der Waals surface area contributed by atoms with Gasteiger partial charge in [0, 0.05) is 32.9 Å². The average Bonchev–Trinajstić information content (AvgIpc) is 3.86. The minimum atomic E-state index is 0.561. The molecule has 0 radical (unpaired) electrons. The third-order valence-corrected chi connectivity index (χ3v) is 12.0. The van der Waals surface area contributed by atoms with Gasteiger partial charge in [-0.1, -0.05) is 121 Å². The van der Waals surface area contributed by atoms with E-state index in [1.54, 1.807) is 0 Å². The minimum absolute atomic E-state index is 0.561. The third-order valence-electron chi connectivity index (χ3n) is 12.0. The SMILES string of the molecule is N#Cc1cccc(-c2ccccc2-c2ccccc2-c2ccccc2-c2cc(-n3c4ccccc4c4ccccc43)cc(-n3c4ccc(C#N)cc4c4cc(C#N)ccc43)c2)c1. The summed E-state index contributed by atoms with van der Waals surface area (Å²) < 4.78 is 4.62. The number of nitrogens with zero attached hydrogens (tertiary/aromatic N) is 5. The molecular weight excluding hydrogens is 755 g/mol. The van der Waals surface area contributed by atoms with Crippen molar-refractivity contribution in [1.82, 2.24) is 9.13 Å². The first-order chi connectivity index (χ1) is 30.6. The van der Waals surface area contributed by atoms with Crippen LogP contribution in [0.25, 0.3) is 99.5 Å². The first-order valence-electron chi connectivity index (χ1n) is 20.4. The van der Waals surface area contributed by atoms with E-state index in [0.29, 0.717) is 16.7 Å². The fraction of sp³-hybridized carbons (Fsp3) is 0. The fourth-order valence-corrected chi connectivity index (χ4v) is 9.30. The molecule has 2 aromatic heterocycles. The average molecular weight is 788 g/mol. The topological polar surface area (TPSA) is 81.2 Å². The smallest absolute Gasteiger partial charge is 0.0991 e. The monoisotopic (exact) mass is 787 g/mol. The Kier molecular flexibility index (Phi) is 8.57. The molecule has 0 fully saturated rings. The van der Waals surface area contributed by atoms with E-state index in [1.807, 2.05) is 60.7 Å². The zero-order valence-corrected chi connectivity index (χ0v) is 33.3. The number of fused-ring (bicyclic) bond motifs is 6. The van der Waals surface area contributed by atoms with Crippen LogP contribution in [0.4, 0.5) is 0 Å². The number of para-hydroxylation sites is 2. The molecule has 0 amide bonds. The molecule has 0 N–H and O–H groups in total. The summed E-state index contributed by atoms with van der Waals surface area (Å²) in [6, 6.07) is 75.8. The van der Waals surface area contributed by atoms with Crippen LogP contribution in [0, 0.1) is 34.0 Å². The van der Waals surface area contributed by atoms with Crippen LogP contribution < -0.4 is 0 Å². The van der Waals surface area contributed by atoms with Crippen LogP contribution >= 0.6 is 0 Å². The Morgan fingerprint density at radius 3 is 1.15 bits per heavy atom. The van der Waals surface area contributed by atoms with E-state index in [0.717, 1.165) is 88.7 Å². The molecule has 0 aliphatic rings. The Balaban J connectivity index is 1.20. The fourth-order valence-electron chi connectivity index (χ4n) is 9.30. The van der Waals surface area contributed by atoms with Crippen molar-refractivity contribution in [3.8, 4) is 74.1 Å². The Hall–Kier alpha value is -8.95. The lowest BCUT2D eigenvalue weighted by Gasteiger charge is -2.19. The summed E-state index contributed by atoms with van der Waals surface area (Å²) >= 11 is 0. The summed E-state index contributed by atoms with van der Waals surface area (Å²) in [6.07, 6.45) is 0. The van der Waals surface area contributed by atoms with Crippen molar-refractivity contribution in [3.63, 3.8) is 0 Å². The molecule has 62 heavy (non-hydrogen) atoms. The van der Waals surface area contributed by atoms with Crippen molar-refractivity contribution >= 4 is 43.6 Å². The third kappa shape index (κ3) is 5.83. The number of hydrogen-bond acceptors (Lipinski definition) is 3. The molecule has 5 nitrogen and oxygen atoms in total. The maximum absolute atomic E-state index is 9.95. The second-order valence-electron chi connectivity index (χ2n) is 15.5. The van der Waals surface area contributed by atoms with Gasteiger partial charge in [0.1, 0.15) is 0 Å². The molecule has 11 aromatic rings. The van der Waals surface area contributed by atoms with Crippen molar-refractivity contribution in [3.05, 3.63) is 217 Å². The van der Waals surface area contributed by atoms with Gasteiger partial charge in [-0.3, -0.25) is 0 Å². The van der Waals surface area contributed by atoms with Crippen LogP contribution in [0.5, 0.6) is 0 Å². The van der Waals surface area contributed by atoms with E-state index < -0.39 is 0 Å². The Bertz CT molecular complexity index is 3620. The number of hydrogen-bond donors (Lipinski definition) is 0. The summed E-state index contributed by atoms with van der Waals surface area (Å²) in [4.78, 5) is 0. The highest BCUT2D eigenvalue weighted by Crippen LogP contribution is 2.44. The van der Waals surface area contributed by atoms with Gasteiger partial charge in [0.2, 0.25) is 0 Å². The first-order valence-corrected chi connectivity index (χ1v) is 20.4. The van der Waals surface area contributed by atoms with Crippen molar-refractivity contribution in [2.45, 2.75) is 0 Å². The van der Waals surface area contributed by atoms with Crippen LogP contribution in [0.15, 0.2) is 200 Å². The molecular formula is C57H33N5. The van der Waals surface area contributed by atoms with Crippen LogP contribution in [0.1, 0.15) is 16.7 Å². The maximum atomic E-state index is 9.95. The summed E-state index contributed by atoms with van der Waals surface area (Å²) in [6.45, 7) is 0. The van der Waals surface area contributed by atoms with Crippen molar-refractivity contribution in [2.75, 3.05) is 0 Å². The lowest BCUT2D eigenvalue weighted by molar-refractivity contribution is 1.13. The van der Waals surface area contributed by atoms with Gasteiger partial charge in [-0.2, -0.15) is 15.8 Å². The highest BCUT2D eigenvalue weighted by atomic mass is 15.0. The normalized spacial score (nSPS) is 11.2. The van der Waals surface area contributed by atoms with Crippen molar-refractivity contribution < 1.29 is 0 Å². The van der Waals surface area contributed by atoms with E-state index in [2.05, 4.69) is 167 Å². The molecule has 0 spiro atoms. The standard InChI is InChI=1S/C57H33N5/c58-34-37-12-11-13-40(28-37)44-14-1-3-16-46(44)48-18-5-6-19-49(48)47-17-4-2-15-45(47)41-31-42(61-54-22-9-7-20-50(54)51-21-8-10-23-55(51)61)33-43(32-41)62-56-26-24-38(35-59)29-52(56)53-30-39(36-60)25-27-57(53)62/h1-33H. The van der Waals surface area contributed by atoms with Crippen LogP contribution in [0.3, 0.4) is 0 Å². The summed E-state index contributed by atoms with van der Waals surface area (Å²) in [5.41, 5.74) is 16.2. The van der Waals surface area contributed by atoms with Gasteiger partial charge >= 0.3 is 0 Å². The Labute approximate surface area is 358 Å². The second-order valence-corrected chi connectivity index (χ2v) is 15.5. The van der Waals surface area contributed by atoms with Crippen LogP contribution in [0.2, 0.25) is 0 Å². The molecule has 0 aliphatic carbocycles. The highest BCUT2D eigenvalue weighted by Gasteiger charge is 2.21. The van der Waals surface area contributed by atoms with E-state index in [4.69, 9.17) is 0 Å². The molecule has 286 valence electrons. The van der Waals surface area contributed by atoms with E-state index >= 15 is 0 Å². The number of rotatable bonds is 6. The number of benzene rings is 9. The van der Waals surface area contributed by atoms with E-state index in [-0.39, 0.29) is 0 Å². The minimum Gasteiger partial charge on any atom is -0.309 e. The molecule has 2 heterocycles.